The van der Waals surface area contributed by atoms with Gasteiger partial charge in [-0.05, 0) is 43.1 Å². The van der Waals surface area contributed by atoms with E-state index in [1.165, 1.54) is 11.1 Å². The normalized spacial score (nSPS) is 12.1. The Balaban J connectivity index is 2.25. The summed E-state index contributed by atoms with van der Waals surface area (Å²) in [6.07, 6.45) is 1.99. The van der Waals surface area contributed by atoms with Crippen LogP contribution in [0.1, 0.15) is 30.5 Å². The second-order valence-electron chi connectivity index (χ2n) is 5.08. The lowest BCUT2D eigenvalue weighted by Gasteiger charge is -2.21. The van der Waals surface area contributed by atoms with Crippen LogP contribution in [0, 0.1) is 0 Å². The lowest BCUT2D eigenvalue weighted by Crippen LogP contribution is -2.24. The van der Waals surface area contributed by atoms with Gasteiger partial charge in [0.2, 0.25) is 0 Å². The van der Waals surface area contributed by atoms with Crippen molar-refractivity contribution in [3.63, 3.8) is 0 Å². The number of methoxy groups -OCH3 is 1. The molecule has 0 aliphatic rings. The fourth-order valence-electron chi connectivity index (χ4n) is 2.46. The predicted molar refractivity (Wildman–Crippen MR) is 89.2 cm³/mol. The smallest absolute Gasteiger partial charge is 0.123 e. The van der Waals surface area contributed by atoms with E-state index in [9.17, 15) is 0 Å². The summed E-state index contributed by atoms with van der Waals surface area (Å²) in [7, 11) is 1.72. The topological polar surface area (TPSA) is 21.3 Å². The van der Waals surface area contributed by atoms with Crippen molar-refractivity contribution in [2.75, 3.05) is 13.7 Å². The molecule has 2 nitrogen and oxygen atoms in total. The quantitative estimate of drug-likeness (QED) is 0.805. The van der Waals surface area contributed by atoms with Gasteiger partial charge >= 0.3 is 0 Å². The van der Waals surface area contributed by atoms with E-state index in [2.05, 4.69) is 30.4 Å². The van der Waals surface area contributed by atoms with Crippen LogP contribution < -0.4 is 10.1 Å². The van der Waals surface area contributed by atoms with Crippen LogP contribution >= 0.6 is 11.6 Å². The third-order valence-corrected chi connectivity index (χ3v) is 3.72. The van der Waals surface area contributed by atoms with E-state index < -0.39 is 0 Å². The highest BCUT2D eigenvalue weighted by atomic mass is 35.5. The fraction of sp³-hybridized carbons (Fsp3) is 0.333. The second kappa shape index (κ2) is 8.06. The molecule has 0 radical (unpaired) electrons. The van der Waals surface area contributed by atoms with Crippen LogP contribution in [0.15, 0.2) is 48.5 Å². The Kier molecular flexibility index (Phi) is 6.09. The van der Waals surface area contributed by atoms with Crippen molar-refractivity contribution >= 4 is 11.6 Å². The Morgan fingerprint density at radius 2 is 1.95 bits per heavy atom. The van der Waals surface area contributed by atoms with Gasteiger partial charge in [0.1, 0.15) is 5.75 Å². The van der Waals surface area contributed by atoms with Gasteiger partial charge < -0.3 is 10.1 Å². The van der Waals surface area contributed by atoms with Crippen molar-refractivity contribution in [2.24, 2.45) is 0 Å². The Hall–Kier alpha value is -1.51. The molecule has 0 fully saturated rings. The summed E-state index contributed by atoms with van der Waals surface area (Å²) >= 11 is 6.09. The van der Waals surface area contributed by atoms with Gasteiger partial charge in [0.05, 0.1) is 7.11 Å². The molecule has 0 spiro atoms. The van der Waals surface area contributed by atoms with Gasteiger partial charge in [0.25, 0.3) is 0 Å². The van der Waals surface area contributed by atoms with Crippen molar-refractivity contribution in [2.45, 2.75) is 25.8 Å². The van der Waals surface area contributed by atoms with Gasteiger partial charge in [0, 0.05) is 16.6 Å². The summed E-state index contributed by atoms with van der Waals surface area (Å²) in [5, 5.41) is 4.38. The molecular weight excluding hydrogens is 282 g/mol. The molecule has 0 saturated heterocycles. The molecule has 0 aliphatic carbocycles. The summed E-state index contributed by atoms with van der Waals surface area (Å²) in [5.74, 6) is 0.924. The lowest BCUT2D eigenvalue weighted by molar-refractivity contribution is 0.398. The van der Waals surface area contributed by atoms with Gasteiger partial charge in [0.15, 0.2) is 0 Å². The monoisotopic (exact) mass is 303 g/mol. The first-order valence-electron chi connectivity index (χ1n) is 7.35. The number of ether oxygens (including phenoxy) is 1. The Morgan fingerprint density at radius 1 is 1.14 bits per heavy atom. The van der Waals surface area contributed by atoms with Gasteiger partial charge in [-0.3, -0.25) is 0 Å². The molecular formula is C18H22ClNO. The summed E-state index contributed by atoms with van der Waals surface area (Å²) in [4.78, 5) is 0. The molecule has 0 saturated carbocycles. The second-order valence-corrected chi connectivity index (χ2v) is 5.52. The van der Waals surface area contributed by atoms with Crippen LogP contribution in [0.25, 0.3) is 0 Å². The summed E-state index contributed by atoms with van der Waals surface area (Å²) in [6, 6.07) is 16.4. The van der Waals surface area contributed by atoms with Gasteiger partial charge in [-0.25, -0.2) is 0 Å². The van der Waals surface area contributed by atoms with E-state index in [-0.39, 0.29) is 6.04 Å². The number of halogens is 1. The molecule has 0 aromatic heterocycles. The molecule has 112 valence electrons. The maximum absolute atomic E-state index is 6.09. The highest BCUT2D eigenvalue weighted by molar-refractivity contribution is 6.30. The molecule has 3 heteroatoms. The van der Waals surface area contributed by atoms with Crippen molar-refractivity contribution < 1.29 is 4.74 Å². The summed E-state index contributed by atoms with van der Waals surface area (Å²) in [5.41, 5.74) is 2.41. The van der Waals surface area contributed by atoms with Gasteiger partial charge in [-0.15, -0.1) is 0 Å². The molecule has 1 N–H and O–H groups in total. The molecule has 1 atom stereocenters. The van der Waals surface area contributed by atoms with E-state index in [1.807, 2.05) is 30.3 Å². The van der Waals surface area contributed by atoms with E-state index in [0.717, 1.165) is 30.2 Å². The van der Waals surface area contributed by atoms with Crippen molar-refractivity contribution in [3.05, 3.63) is 64.7 Å². The van der Waals surface area contributed by atoms with E-state index in [1.54, 1.807) is 7.11 Å². The molecule has 2 rings (SSSR count). The number of para-hydroxylation sites is 1. The van der Waals surface area contributed by atoms with Crippen LogP contribution in [-0.2, 0) is 6.42 Å². The molecule has 0 aliphatic heterocycles. The van der Waals surface area contributed by atoms with E-state index in [4.69, 9.17) is 16.3 Å². The maximum atomic E-state index is 6.09. The maximum Gasteiger partial charge on any atom is 0.123 e. The molecule has 1 unspecified atom stereocenters. The average molecular weight is 304 g/mol. The molecule has 21 heavy (non-hydrogen) atoms. The zero-order chi connectivity index (χ0) is 15.1. The molecule has 0 bridgehead atoms. The minimum Gasteiger partial charge on any atom is -0.496 e. The Morgan fingerprint density at radius 3 is 2.67 bits per heavy atom. The van der Waals surface area contributed by atoms with Crippen LogP contribution in [0.5, 0.6) is 5.75 Å². The lowest BCUT2D eigenvalue weighted by atomic mass is 9.98. The van der Waals surface area contributed by atoms with Crippen LogP contribution in [-0.4, -0.2) is 13.7 Å². The Bertz CT molecular complexity index is 571. The summed E-state index contributed by atoms with van der Waals surface area (Å²) < 4.78 is 5.50. The first-order chi connectivity index (χ1) is 10.2. The first-order valence-corrected chi connectivity index (χ1v) is 7.73. The number of benzene rings is 2. The highest BCUT2D eigenvalue weighted by Crippen LogP contribution is 2.28. The fourth-order valence-corrected chi connectivity index (χ4v) is 2.68. The number of nitrogens with one attached hydrogen (secondary N) is 1. The van der Waals surface area contributed by atoms with E-state index in [0.29, 0.717) is 0 Å². The average Bonchev–Trinajstić information content (AvgIpc) is 2.51. The van der Waals surface area contributed by atoms with Crippen molar-refractivity contribution in [1.29, 1.82) is 0 Å². The standard InChI is InChI=1S/C18H22ClNO/c1-3-11-20-17(13-14-7-6-8-15(19)12-14)16-9-4-5-10-18(16)21-2/h4-10,12,17,20H,3,11,13H2,1-2H3. The van der Waals surface area contributed by atoms with Gasteiger partial charge in [-0.2, -0.15) is 0 Å². The molecule has 0 amide bonds. The van der Waals surface area contributed by atoms with Crippen LogP contribution in [0.3, 0.4) is 0 Å². The van der Waals surface area contributed by atoms with E-state index >= 15 is 0 Å². The number of hydrogen-bond donors (Lipinski definition) is 1. The van der Waals surface area contributed by atoms with Gasteiger partial charge in [-0.1, -0.05) is 48.9 Å². The molecule has 2 aromatic carbocycles. The highest BCUT2D eigenvalue weighted by Gasteiger charge is 2.15. The van der Waals surface area contributed by atoms with Crippen molar-refractivity contribution in [3.8, 4) is 5.75 Å². The SMILES string of the molecule is CCCNC(Cc1cccc(Cl)c1)c1ccccc1OC. The first kappa shape index (κ1) is 15.9. The Labute approximate surface area is 132 Å². The zero-order valence-electron chi connectivity index (χ0n) is 12.6. The largest absolute Gasteiger partial charge is 0.496 e. The van der Waals surface area contributed by atoms with Crippen molar-refractivity contribution in [1.82, 2.24) is 5.32 Å². The number of hydrogen-bond acceptors (Lipinski definition) is 2. The minimum atomic E-state index is 0.222. The molecule has 2 aromatic rings. The van der Waals surface area contributed by atoms with Crippen LogP contribution in [0.2, 0.25) is 5.02 Å². The third-order valence-electron chi connectivity index (χ3n) is 3.48. The predicted octanol–water partition coefficient (Wildman–Crippen LogP) is 4.63. The zero-order valence-corrected chi connectivity index (χ0v) is 13.4. The summed E-state index contributed by atoms with van der Waals surface area (Å²) in [6.45, 7) is 3.15. The number of rotatable bonds is 7. The van der Waals surface area contributed by atoms with Crippen LogP contribution in [0.4, 0.5) is 0 Å². The molecule has 0 heterocycles. The third kappa shape index (κ3) is 4.48. The minimum absolute atomic E-state index is 0.222.